The maximum atomic E-state index is 11.8. The van der Waals surface area contributed by atoms with Gasteiger partial charge in [-0.3, -0.25) is 9.59 Å². The summed E-state index contributed by atoms with van der Waals surface area (Å²) in [4.78, 5) is 22.3. The van der Waals surface area contributed by atoms with E-state index in [9.17, 15) is 9.59 Å². The minimum atomic E-state index is -0.710. The van der Waals surface area contributed by atoms with Crippen molar-refractivity contribution >= 4 is 11.8 Å². The topological polar surface area (TPSA) is 54.4 Å². The Morgan fingerprint density at radius 2 is 2.11 bits per heavy atom. The number of carboxylic acids is 1. The summed E-state index contributed by atoms with van der Waals surface area (Å²) in [5.74, 6) is 0.469. The second kappa shape index (κ2) is 8.89. The molecular formula is C16H26O3. The molecule has 1 aliphatic carbocycles. The van der Waals surface area contributed by atoms with Crippen LogP contribution in [0.3, 0.4) is 0 Å². The number of unbranched alkanes of at least 4 members (excludes halogenated alkanes) is 2. The molecule has 3 heteroatoms. The molecule has 0 aromatic heterocycles. The molecule has 19 heavy (non-hydrogen) atoms. The average Bonchev–Trinajstić information content (AvgIpc) is 2.71. The molecule has 0 radical (unpaired) electrons. The highest BCUT2D eigenvalue weighted by atomic mass is 16.4. The number of hydrogen-bond donors (Lipinski definition) is 1. The fraction of sp³-hybridized carbons (Fsp3) is 0.750. The summed E-state index contributed by atoms with van der Waals surface area (Å²) in [5, 5.41) is 8.57. The Hall–Kier alpha value is -1.12. The van der Waals surface area contributed by atoms with Gasteiger partial charge in [-0.1, -0.05) is 31.9 Å². The molecule has 1 N–H and O–H groups in total. The normalized spacial score (nSPS) is 23.3. The van der Waals surface area contributed by atoms with Crippen molar-refractivity contribution in [3.05, 3.63) is 12.2 Å². The predicted octanol–water partition coefficient (Wildman–Crippen LogP) is 3.97. The van der Waals surface area contributed by atoms with Gasteiger partial charge in [-0.05, 0) is 38.0 Å². The molecule has 0 saturated heterocycles. The van der Waals surface area contributed by atoms with Gasteiger partial charge in [0, 0.05) is 18.8 Å². The summed E-state index contributed by atoms with van der Waals surface area (Å²) < 4.78 is 0. The number of ketones is 1. The number of aliphatic carboxylic acids is 1. The zero-order valence-corrected chi connectivity index (χ0v) is 11.9. The number of rotatable bonds is 9. The Labute approximate surface area is 116 Å². The lowest BCUT2D eigenvalue weighted by Gasteiger charge is -2.16. The second-order valence-electron chi connectivity index (χ2n) is 5.48. The average molecular weight is 266 g/mol. The van der Waals surface area contributed by atoms with E-state index in [1.165, 1.54) is 0 Å². The lowest BCUT2D eigenvalue weighted by atomic mass is 9.88. The summed E-state index contributed by atoms with van der Waals surface area (Å²) in [6.07, 6.45) is 12.1. The van der Waals surface area contributed by atoms with Crippen molar-refractivity contribution in [3.63, 3.8) is 0 Å². The van der Waals surface area contributed by atoms with Crippen molar-refractivity contribution in [3.8, 4) is 0 Å². The van der Waals surface area contributed by atoms with E-state index in [0.717, 1.165) is 51.4 Å². The Bertz CT molecular complexity index is 320. The van der Waals surface area contributed by atoms with E-state index in [1.54, 1.807) is 0 Å². The van der Waals surface area contributed by atoms with Gasteiger partial charge in [-0.25, -0.2) is 0 Å². The van der Waals surface area contributed by atoms with Crippen molar-refractivity contribution in [1.82, 2.24) is 0 Å². The molecule has 0 spiro atoms. The molecule has 108 valence electrons. The molecule has 2 atom stereocenters. The first-order valence-electron chi connectivity index (χ1n) is 7.54. The van der Waals surface area contributed by atoms with Crippen LogP contribution in [-0.4, -0.2) is 16.9 Å². The third-order valence-corrected chi connectivity index (χ3v) is 4.00. The molecule has 0 bridgehead atoms. The van der Waals surface area contributed by atoms with Crippen LogP contribution in [0.1, 0.15) is 64.7 Å². The summed E-state index contributed by atoms with van der Waals surface area (Å²) in [5.41, 5.74) is 0. The van der Waals surface area contributed by atoms with Crippen LogP contribution in [0, 0.1) is 11.8 Å². The van der Waals surface area contributed by atoms with Crippen LogP contribution in [0.4, 0.5) is 0 Å². The smallest absolute Gasteiger partial charge is 0.303 e. The monoisotopic (exact) mass is 266 g/mol. The number of Topliss-reactive ketones (excluding diaryl/α,β-unsaturated/α-hetero) is 1. The van der Waals surface area contributed by atoms with E-state index < -0.39 is 5.97 Å². The van der Waals surface area contributed by atoms with Crippen LogP contribution >= 0.6 is 0 Å². The molecule has 0 heterocycles. The van der Waals surface area contributed by atoms with Gasteiger partial charge >= 0.3 is 5.97 Å². The van der Waals surface area contributed by atoms with Gasteiger partial charge in [0.05, 0.1) is 0 Å². The minimum absolute atomic E-state index is 0.224. The zero-order valence-electron chi connectivity index (χ0n) is 11.9. The Balaban J connectivity index is 2.25. The van der Waals surface area contributed by atoms with E-state index in [1.807, 2.05) is 0 Å². The second-order valence-corrected chi connectivity index (χ2v) is 5.48. The molecule has 1 aliphatic rings. The van der Waals surface area contributed by atoms with Crippen molar-refractivity contribution in [2.24, 2.45) is 11.8 Å². The van der Waals surface area contributed by atoms with Crippen molar-refractivity contribution < 1.29 is 14.7 Å². The summed E-state index contributed by atoms with van der Waals surface area (Å²) >= 11 is 0. The molecule has 1 fully saturated rings. The molecule has 3 nitrogen and oxygen atoms in total. The number of carbonyl (C=O) groups excluding carboxylic acids is 1. The largest absolute Gasteiger partial charge is 0.481 e. The highest BCUT2D eigenvalue weighted by Gasteiger charge is 2.32. The van der Waals surface area contributed by atoms with Gasteiger partial charge in [0.15, 0.2) is 0 Å². The fourth-order valence-corrected chi connectivity index (χ4v) is 2.92. The first-order chi connectivity index (χ1) is 9.15. The zero-order chi connectivity index (χ0) is 14.1. The van der Waals surface area contributed by atoms with E-state index in [4.69, 9.17) is 5.11 Å². The molecule has 0 amide bonds. The van der Waals surface area contributed by atoms with E-state index in [2.05, 4.69) is 19.1 Å². The first-order valence-corrected chi connectivity index (χ1v) is 7.54. The van der Waals surface area contributed by atoms with Gasteiger partial charge in [-0.15, -0.1) is 0 Å². The first kappa shape index (κ1) is 15.9. The van der Waals surface area contributed by atoms with Crippen LogP contribution < -0.4 is 0 Å². The molecule has 0 aromatic carbocycles. The maximum Gasteiger partial charge on any atom is 0.303 e. The third-order valence-electron chi connectivity index (χ3n) is 4.00. The minimum Gasteiger partial charge on any atom is -0.481 e. The maximum absolute atomic E-state index is 11.8. The Morgan fingerprint density at radius 1 is 1.32 bits per heavy atom. The number of allylic oxidation sites excluding steroid dienone is 2. The van der Waals surface area contributed by atoms with Gasteiger partial charge in [0.25, 0.3) is 0 Å². The van der Waals surface area contributed by atoms with Crippen LogP contribution in [0.5, 0.6) is 0 Å². The van der Waals surface area contributed by atoms with Gasteiger partial charge < -0.3 is 5.11 Å². The predicted molar refractivity (Wildman–Crippen MR) is 76.0 cm³/mol. The molecule has 0 aromatic rings. The van der Waals surface area contributed by atoms with Crippen molar-refractivity contribution in [2.45, 2.75) is 64.7 Å². The number of carbonyl (C=O) groups is 2. The highest BCUT2D eigenvalue weighted by Crippen LogP contribution is 2.35. The Kier molecular flexibility index (Phi) is 7.46. The number of hydrogen-bond acceptors (Lipinski definition) is 2. The van der Waals surface area contributed by atoms with E-state index in [-0.39, 0.29) is 12.3 Å². The van der Waals surface area contributed by atoms with E-state index >= 15 is 0 Å². The molecule has 1 rings (SSSR count). The quantitative estimate of drug-likeness (QED) is 0.507. The SMILES string of the molecule is CCC=CCC1C(=O)CCC1CCCCCC(=O)O. The summed E-state index contributed by atoms with van der Waals surface area (Å²) in [6, 6.07) is 0. The molecular weight excluding hydrogens is 240 g/mol. The lowest BCUT2D eigenvalue weighted by Crippen LogP contribution is -2.14. The summed E-state index contributed by atoms with van der Waals surface area (Å²) in [7, 11) is 0. The van der Waals surface area contributed by atoms with Crippen LogP contribution in [-0.2, 0) is 9.59 Å². The number of carboxylic acid groups (broad SMARTS) is 1. The fourth-order valence-electron chi connectivity index (χ4n) is 2.92. The van der Waals surface area contributed by atoms with Crippen molar-refractivity contribution in [1.29, 1.82) is 0 Å². The molecule has 2 unspecified atom stereocenters. The van der Waals surface area contributed by atoms with Crippen LogP contribution in [0.25, 0.3) is 0 Å². The van der Waals surface area contributed by atoms with Gasteiger partial charge in [-0.2, -0.15) is 0 Å². The lowest BCUT2D eigenvalue weighted by molar-refractivity contribution is -0.137. The van der Waals surface area contributed by atoms with Crippen LogP contribution in [0.15, 0.2) is 12.2 Å². The van der Waals surface area contributed by atoms with Crippen LogP contribution in [0.2, 0.25) is 0 Å². The van der Waals surface area contributed by atoms with Gasteiger partial charge in [0.2, 0.25) is 0 Å². The highest BCUT2D eigenvalue weighted by molar-refractivity contribution is 5.83. The summed E-state index contributed by atoms with van der Waals surface area (Å²) in [6.45, 7) is 2.10. The van der Waals surface area contributed by atoms with E-state index in [0.29, 0.717) is 11.7 Å². The van der Waals surface area contributed by atoms with Crippen molar-refractivity contribution in [2.75, 3.05) is 0 Å². The Morgan fingerprint density at radius 3 is 2.79 bits per heavy atom. The standard InChI is InChI=1S/C16H26O3/c1-2-3-5-9-14-13(11-12-15(14)17)8-6-4-7-10-16(18)19/h3,5,13-14H,2,4,6-12H2,1H3,(H,18,19). The molecule has 0 aliphatic heterocycles. The third kappa shape index (κ3) is 6.04. The van der Waals surface area contributed by atoms with Gasteiger partial charge in [0.1, 0.15) is 5.78 Å². The molecule has 1 saturated carbocycles.